The number of hydrogen-bond donors (Lipinski definition) is 0. The zero-order valence-electron chi connectivity index (χ0n) is 18.1. The average Bonchev–Trinajstić information content (AvgIpc) is 2.78. The van der Waals surface area contributed by atoms with Crippen LogP contribution in [0.4, 0.5) is 4.39 Å². The van der Waals surface area contributed by atoms with E-state index in [0.29, 0.717) is 24.5 Å². The van der Waals surface area contributed by atoms with Crippen molar-refractivity contribution in [2.24, 2.45) is 0 Å². The largest absolute Gasteiger partial charge is 0.494 e. The van der Waals surface area contributed by atoms with E-state index < -0.39 is 0 Å². The minimum absolute atomic E-state index is 0.256. The highest BCUT2D eigenvalue weighted by Gasteiger charge is 2.27. The summed E-state index contributed by atoms with van der Waals surface area (Å²) in [5.41, 5.74) is 1.38. The lowest BCUT2D eigenvalue weighted by Gasteiger charge is -2.28. The molecule has 3 aromatic rings. The van der Waals surface area contributed by atoms with Crippen LogP contribution in [0, 0.1) is 18.2 Å². The van der Waals surface area contributed by atoms with Crippen molar-refractivity contribution in [2.45, 2.75) is 44.9 Å². The van der Waals surface area contributed by atoms with Gasteiger partial charge in [-0.2, -0.15) is 0 Å². The van der Waals surface area contributed by atoms with Crippen LogP contribution in [0.15, 0.2) is 66.7 Å². The van der Waals surface area contributed by atoms with Crippen molar-refractivity contribution < 1.29 is 13.9 Å². The summed E-state index contributed by atoms with van der Waals surface area (Å²) in [5.74, 6) is 4.37. The number of aromatic nitrogens is 1. The fraction of sp³-hybridized carbons (Fsp3) is 0.296. The SMILES string of the molecule is C#CC(CC)(CCCc1cc(F)cc(Oc2ccccc2)n1)c1ccc(OCC)cc1. The first kappa shape index (κ1) is 22.4. The maximum atomic E-state index is 14.1. The van der Waals surface area contributed by atoms with Gasteiger partial charge in [-0.1, -0.05) is 43.2 Å². The molecule has 0 spiro atoms. The van der Waals surface area contributed by atoms with Gasteiger partial charge in [0.25, 0.3) is 0 Å². The normalized spacial score (nSPS) is 12.6. The number of terminal acetylenes is 1. The zero-order valence-corrected chi connectivity index (χ0v) is 18.1. The molecule has 0 saturated carbocycles. The maximum absolute atomic E-state index is 14.1. The first-order valence-corrected chi connectivity index (χ1v) is 10.7. The molecule has 0 aliphatic carbocycles. The van der Waals surface area contributed by atoms with Crippen LogP contribution in [-0.2, 0) is 11.8 Å². The van der Waals surface area contributed by atoms with E-state index in [0.717, 1.165) is 30.6 Å². The van der Waals surface area contributed by atoms with Crippen LogP contribution in [0.5, 0.6) is 17.4 Å². The van der Waals surface area contributed by atoms with E-state index in [2.05, 4.69) is 17.8 Å². The third-order valence-corrected chi connectivity index (χ3v) is 5.42. The Hall–Kier alpha value is -3.32. The van der Waals surface area contributed by atoms with Crippen LogP contribution in [0.25, 0.3) is 0 Å². The fourth-order valence-corrected chi connectivity index (χ4v) is 3.71. The molecule has 1 aromatic heterocycles. The molecule has 0 saturated heterocycles. The molecule has 0 bridgehead atoms. The number of halogens is 1. The summed E-state index contributed by atoms with van der Waals surface area (Å²) in [6.45, 7) is 4.69. The van der Waals surface area contributed by atoms with Gasteiger partial charge in [-0.15, -0.1) is 6.42 Å². The second-order valence-electron chi connectivity index (χ2n) is 7.42. The molecule has 0 fully saturated rings. The highest BCUT2D eigenvalue weighted by Crippen LogP contribution is 2.34. The maximum Gasteiger partial charge on any atom is 0.222 e. The van der Waals surface area contributed by atoms with Gasteiger partial charge in [0.1, 0.15) is 17.3 Å². The number of benzene rings is 2. The minimum atomic E-state index is -0.374. The topological polar surface area (TPSA) is 31.4 Å². The van der Waals surface area contributed by atoms with Crippen molar-refractivity contribution in [3.63, 3.8) is 0 Å². The standard InChI is InChI=1S/C27H28FNO2/c1-4-27(5-2,21-14-16-24(17-15-21)30-6-3)18-10-11-23-19-22(28)20-26(29-23)31-25-12-8-7-9-13-25/h1,7-9,12-17,19-20H,5-6,10-11,18H2,2-3H3. The lowest BCUT2D eigenvalue weighted by atomic mass is 9.75. The Kier molecular flexibility index (Phi) is 7.67. The predicted molar refractivity (Wildman–Crippen MR) is 122 cm³/mol. The second kappa shape index (κ2) is 10.6. The van der Waals surface area contributed by atoms with Crippen LogP contribution in [0.3, 0.4) is 0 Å². The molecule has 0 aliphatic rings. The highest BCUT2D eigenvalue weighted by molar-refractivity contribution is 5.38. The van der Waals surface area contributed by atoms with Gasteiger partial charge >= 0.3 is 0 Å². The molecule has 0 aliphatic heterocycles. The van der Waals surface area contributed by atoms with Crippen molar-refractivity contribution >= 4 is 0 Å². The summed E-state index contributed by atoms with van der Waals surface area (Å²) in [5, 5.41) is 0. The van der Waals surface area contributed by atoms with Gasteiger partial charge in [-0.3, -0.25) is 0 Å². The van der Waals surface area contributed by atoms with Crippen molar-refractivity contribution in [2.75, 3.05) is 6.61 Å². The van der Waals surface area contributed by atoms with Gasteiger partial charge in [-0.05, 0) is 68.5 Å². The minimum Gasteiger partial charge on any atom is -0.494 e. The molecule has 3 rings (SSSR count). The molecule has 0 N–H and O–H groups in total. The first-order chi connectivity index (χ1) is 15.1. The van der Waals surface area contributed by atoms with Gasteiger partial charge in [0.2, 0.25) is 5.88 Å². The zero-order chi connectivity index (χ0) is 22.1. The molecule has 0 amide bonds. The molecular weight excluding hydrogens is 389 g/mol. The van der Waals surface area contributed by atoms with Crippen LogP contribution in [-0.4, -0.2) is 11.6 Å². The third-order valence-electron chi connectivity index (χ3n) is 5.42. The quantitative estimate of drug-likeness (QED) is 0.343. The summed E-state index contributed by atoms with van der Waals surface area (Å²) >= 11 is 0. The summed E-state index contributed by atoms with van der Waals surface area (Å²) in [4.78, 5) is 4.47. The monoisotopic (exact) mass is 417 g/mol. The van der Waals surface area contributed by atoms with E-state index in [1.165, 1.54) is 12.1 Å². The van der Waals surface area contributed by atoms with Crippen LogP contribution >= 0.6 is 0 Å². The summed E-state index contributed by atoms with van der Waals surface area (Å²) in [6.07, 6.45) is 8.98. The van der Waals surface area contributed by atoms with Gasteiger partial charge in [-0.25, -0.2) is 9.37 Å². The van der Waals surface area contributed by atoms with Crippen LogP contribution in [0.2, 0.25) is 0 Å². The summed E-state index contributed by atoms with van der Waals surface area (Å²) < 4.78 is 25.4. The van der Waals surface area contributed by atoms with E-state index in [1.54, 1.807) is 0 Å². The Morgan fingerprint density at radius 1 is 1.00 bits per heavy atom. The lowest BCUT2D eigenvalue weighted by Crippen LogP contribution is -2.23. The van der Waals surface area contributed by atoms with E-state index in [9.17, 15) is 4.39 Å². The van der Waals surface area contributed by atoms with Crippen molar-refractivity contribution in [1.29, 1.82) is 0 Å². The second-order valence-corrected chi connectivity index (χ2v) is 7.42. The molecule has 4 heteroatoms. The third kappa shape index (κ3) is 5.86. The van der Waals surface area contributed by atoms with E-state index in [1.807, 2.05) is 61.5 Å². The first-order valence-electron chi connectivity index (χ1n) is 10.7. The molecule has 160 valence electrons. The van der Waals surface area contributed by atoms with Crippen LogP contribution in [0.1, 0.15) is 44.4 Å². The molecule has 0 radical (unpaired) electrons. The van der Waals surface area contributed by atoms with E-state index >= 15 is 0 Å². The van der Waals surface area contributed by atoms with Crippen molar-refractivity contribution in [1.82, 2.24) is 4.98 Å². The molecule has 1 heterocycles. The average molecular weight is 418 g/mol. The van der Waals surface area contributed by atoms with Crippen molar-refractivity contribution in [3.05, 3.63) is 83.8 Å². The summed E-state index contributed by atoms with van der Waals surface area (Å²) in [7, 11) is 0. The number of hydrogen-bond acceptors (Lipinski definition) is 3. The van der Waals surface area contributed by atoms with Gasteiger partial charge in [0.05, 0.1) is 12.0 Å². The molecule has 31 heavy (non-hydrogen) atoms. The lowest BCUT2D eigenvalue weighted by molar-refractivity contribution is 0.340. The predicted octanol–water partition coefficient (Wildman–Crippen LogP) is 6.72. The smallest absolute Gasteiger partial charge is 0.222 e. The number of rotatable bonds is 10. The molecule has 2 aromatic carbocycles. The molecular formula is C27H28FNO2. The Balaban J connectivity index is 1.68. The molecule has 3 nitrogen and oxygen atoms in total. The summed E-state index contributed by atoms with van der Waals surface area (Å²) in [6, 6.07) is 20.0. The van der Waals surface area contributed by atoms with Gasteiger partial charge < -0.3 is 9.47 Å². The van der Waals surface area contributed by atoms with Gasteiger partial charge in [0, 0.05) is 11.8 Å². The Bertz CT molecular complexity index is 1010. The van der Waals surface area contributed by atoms with Crippen molar-refractivity contribution in [3.8, 4) is 29.7 Å². The number of aryl methyl sites for hydroxylation is 1. The van der Waals surface area contributed by atoms with Gasteiger partial charge in [0.15, 0.2) is 0 Å². The van der Waals surface area contributed by atoms with E-state index in [-0.39, 0.29) is 17.1 Å². The number of para-hydroxylation sites is 1. The van der Waals surface area contributed by atoms with Crippen LogP contribution < -0.4 is 9.47 Å². The van der Waals surface area contributed by atoms with E-state index in [4.69, 9.17) is 15.9 Å². The number of nitrogens with zero attached hydrogens (tertiary/aromatic N) is 1. The number of ether oxygens (including phenoxy) is 2. The fourth-order valence-electron chi connectivity index (χ4n) is 3.71. The highest BCUT2D eigenvalue weighted by atomic mass is 19.1. The Morgan fingerprint density at radius 2 is 1.74 bits per heavy atom. The molecule has 1 unspecified atom stereocenters. The molecule has 1 atom stereocenters. The Morgan fingerprint density at radius 3 is 2.39 bits per heavy atom. The Labute approximate surface area is 184 Å². The number of pyridine rings is 1.